The minimum absolute atomic E-state index is 0.141. The first kappa shape index (κ1) is 13.6. The summed E-state index contributed by atoms with van der Waals surface area (Å²) in [5.74, 6) is 1.11. The van der Waals surface area contributed by atoms with Crippen LogP contribution >= 0.6 is 15.9 Å². The Morgan fingerprint density at radius 2 is 2.15 bits per heavy atom. The Bertz CT molecular complexity index is 623. The van der Waals surface area contributed by atoms with Gasteiger partial charge < -0.3 is 10.5 Å². The number of nitrogens with two attached hydrogens (primary N) is 1. The molecule has 2 heterocycles. The molecule has 1 aliphatic rings. The lowest BCUT2D eigenvalue weighted by Gasteiger charge is -2.22. The van der Waals surface area contributed by atoms with E-state index in [9.17, 15) is 0 Å². The second-order valence-corrected chi connectivity index (χ2v) is 6.25. The Hall–Kier alpha value is -1.33. The first-order valence-electron chi connectivity index (χ1n) is 6.79. The van der Waals surface area contributed by atoms with Gasteiger partial charge in [0.2, 0.25) is 0 Å². The van der Waals surface area contributed by atoms with Crippen LogP contribution in [-0.4, -0.2) is 16.4 Å². The Labute approximate surface area is 127 Å². The van der Waals surface area contributed by atoms with Gasteiger partial charge in [0.1, 0.15) is 5.75 Å². The van der Waals surface area contributed by atoms with Crippen LogP contribution < -0.4 is 10.5 Å². The van der Waals surface area contributed by atoms with E-state index < -0.39 is 0 Å². The molecule has 0 spiro atoms. The Morgan fingerprint density at radius 3 is 2.90 bits per heavy atom. The van der Waals surface area contributed by atoms with Gasteiger partial charge in [0, 0.05) is 17.5 Å². The molecule has 0 aliphatic carbocycles. The number of halogens is 1. The summed E-state index contributed by atoms with van der Waals surface area (Å²) in [6, 6.07) is 8.24. The number of hydrogen-bond donors (Lipinski definition) is 1. The van der Waals surface area contributed by atoms with Gasteiger partial charge in [-0.1, -0.05) is 18.2 Å². The molecule has 5 heteroatoms. The van der Waals surface area contributed by atoms with Crippen LogP contribution in [0.1, 0.15) is 43.1 Å². The smallest absolute Gasteiger partial charge is 0.122 e. The van der Waals surface area contributed by atoms with Crippen LogP contribution in [0.4, 0.5) is 0 Å². The highest BCUT2D eigenvalue weighted by Crippen LogP contribution is 2.41. The van der Waals surface area contributed by atoms with Crippen molar-refractivity contribution in [2.24, 2.45) is 5.73 Å². The largest absolute Gasteiger partial charge is 0.493 e. The van der Waals surface area contributed by atoms with E-state index in [1.54, 1.807) is 0 Å². The first-order valence-corrected chi connectivity index (χ1v) is 7.59. The van der Waals surface area contributed by atoms with Crippen molar-refractivity contribution >= 4 is 15.9 Å². The summed E-state index contributed by atoms with van der Waals surface area (Å²) in [7, 11) is 0. The molecule has 0 radical (unpaired) electrons. The quantitative estimate of drug-likeness (QED) is 0.935. The molecular formula is C15H18BrN3O. The first-order chi connectivity index (χ1) is 9.59. The van der Waals surface area contributed by atoms with Gasteiger partial charge in [-0.15, -0.1) is 0 Å². The van der Waals surface area contributed by atoms with E-state index in [2.05, 4.69) is 40.9 Å². The van der Waals surface area contributed by atoms with Crippen molar-refractivity contribution < 1.29 is 4.74 Å². The number of para-hydroxylation sites is 1. The fourth-order valence-electron chi connectivity index (χ4n) is 2.75. The van der Waals surface area contributed by atoms with E-state index in [4.69, 9.17) is 10.5 Å². The van der Waals surface area contributed by atoms with Crippen LogP contribution in [0.25, 0.3) is 0 Å². The van der Waals surface area contributed by atoms with Crippen LogP contribution in [0.5, 0.6) is 5.75 Å². The third-order valence-corrected chi connectivity index (χ3v) is 4.37. The number of benzene rings is 1. The van der Waals surface area contributed by atoms with E-state index in [0.717, 1.165) is 15.9 Å². The van der Waals surface area contributed by atoms with Gasteiger partial charge >= 0.3 is 0 Å². The van der Waals surface area contributed by atoms with Gasteiger partial charge in [0.15, 0.2) is 0 Å². The van der Waals surface area contributed by atoms with Crippen molar-refractivity contribution in [1.29, 1.82) is 0 Å². The predicted octanol–water partition coefficient (Wildman–Crippen LogP) is 3.40. The average Bonchev–Trinajstić information content (AvgIpc) is 3.01. The minimum atomic E-state index is -0.141. The number of rotatable bonds is 3. The van der Waals surface area contributed by atoms with Gasteiger partial charge in [-0.25, -0.2) is 0 Å². The number of hydrogen-bond acceptors (Lipinski definition) is 3. The van der Waals surface area contributed by atoms with Crippen molar-refractivity contribution in [2.45, 2.75) is 31.8 Å². The summed E-state index contributed by atoms with van der Waals surface area (Å²) in [4.78, 5) is 0. The van der Waals surface area contributed by atoms with Gasteiger partial charge in [-0.2, -0.15) is 5.10 Å². The average molecular weight is 336 g/mol. The zero-order valence-corrected chi connectivity index (χ0v) is 13.2. The van der Waals surface area contributed by atoms with E-state index in [0.29, 0.717) is 6.61 Å². The molecule has 0 fully saturated rings. The molecule has 20 heavy (non-hydrogen) atoms. The van der Waals surface area contributed by atoms with E-state index >= 15 is 0 Å². The van der Waals surface area contributed by atoms with Crippen molar-refractivity contribution in [1.82, 2.24) is 9.78 Å². The molecule has 2 N–H and O–H groups in total. The highest BCUT2D eigenvalue weighted by atomic mass is 79.9. The van der Waals surface area contributed by atoms with E-state index in [-0.39, 0.29) is 18.0 Å². The lowest BCUT2D eigenvalue weighted by molar-refractivity contribution is 0.309. The molecule has 106 valence electrons. The fourth-order valence-corrected chi connectivity index (χ4v) is 3.29. The van der Waals surface area contributed by atoms with Gasteiger partial charge in [-0.05, 0) is 35.8 Å². The number of fused-ring (bicyclic) bond motifs is 1. The van der Waals surface area contributed by atoms with Crippen molar-refractivity contribution in [3.63, 3.8) is 0 Å². The van der Waals surface area contributed by atoms with E-state index in [1.165, 1.54) is 5.56 Å². The molecule has 0 saturated carbocycles. The summed E-state index contributed by atoms with van der Waals surface area (Å²) in [6.07, 6.45) is 1.82. The maximum atomic E-state index is 6.53. The van der Waals surface area contributed by atoms with Crippen LogP contribution in [0.3, 0.4) is 0 Å². The summed E-state index contributed by atoms with van der Waals surface area (Å²) in [5, 5.41) is 4.41. The fraction of sp³-hybridized carbons (Fsp3) is 0.400. The third kappa shape index (κ3) is 2.15. The van der Waals surface area contributed by atoms with Crippen LogP contribution in [0, 0.1) is 0 Å². The molecule has 2 unspecified atom stereocenters. The topological polar surface area (TPSA) is 53.1 Å². The molecule has 1 aromatic carbocycles. The number of nitrogens with zero attached hydrogens (tertiary/aromatic N) is 2. The molecule has 4 nitrogen and oxygen atoms in total. The zero-order valence-electron chi connectivity index (χ0n) is 11.6. The maximum Gasteiger partial charge on any atom is 0.122 e. The molecular weight excluding hydrogens is 318 g/mol. The predicted molar refractivity (Wildman–Crippen MR) is 81.9 cm³/mol. The van der Waals surface area contributed by atoms with Gasteiger partial charge in [0.25, 0.3) is 0 Å². The summed E-state index contributed by atoms with van der Waals surface area (Å²) in [5.41, 5.74) is 8.74. The highest BCUT2D eigenvalue weighted by Gasteiger charge is 2.33. The normalized spacial score (nSPS) is 18.9. The lowest BCUT2D eigenvalue weighted by Crippen LogP contribution is -2.25. The lowest BCUT2D eigenvalue weighted by atomic mass is 9.92. The van der Waals surface area contributed by atoms with Gasteiger partial charge in [0.05, 0.1) is 29.0 Å². The second kappa shape index (κ2) is 5.22. The van der Waals surface area contributed by atoms with Crippen molar-refractivity contribution in [2.75, 3.05) is 6.61 Å². The number of ether oxygens (including phenoxy) is 1. The Kier molecular flexibility index (Phi) is 3.56. The van der Waals surface area contributed by atoms with Crippen LogP contribution in [0.15, 0.2) is 34.9 Å². The Morgan fingerprint density at radius 1 is 1.40 bits per heavy atom. The molecule has 0 saturated heterocycles. The summed E-state index contributed by atoms with van der Waals surface area (Å²) < 4.78 is 8.69. The third-order valence-electron chi connectivity index (χ3n) is 3.76. The van der Waals surface area contributed by atoms with Gasteiger partial charge in [-0.3, -0.25) is 4.68 Å². The molecule has 0 amide bonds. The molecule has 1 aliphatic heterocycles. The molecule has 2 atom stereocenters. The standard InChI is InChI=1S/C15H18BrN3O/c1-9(2)19-15(12(16)7-18-19)14(17)11-8-20-13-6-4-3-5-10(11)13/h3-7,9,11,14H,8,17H2,1-2H3. The molecule has 3 rings (SSSR count). The Balaban J connectivity index is 1.99. The SMILES string of the molecule is CC(C)n1ncc(Br)c1C(N)C1COc2ccccc21. The summed E-state index contributed by atoms with van der Waals surface area (Å²) in [6.45, 7) is 4.83. The van der Waals surface area contributed by atoms with Crippen molar-refractivity contribution in [3.8, 4) is 5.75 Å². The minimum Gasteiger partial charge on any atom is -0.493 e. The summed E-state index contributed by atoms with van der Waals surface area (Å²) >= 11 is 3.57. The van der Waals surface area contributed by atoms with Crippen molar-refractivity contribution in [3.05, 3.63) is 46.2 Å². The highest BCUT2D eigenvalue weighted by molar-refractivity contribution is 9.10. The monoisotopic (exact) mass is 335 g/mol. The molecule has 1 aromatic heterocycles. The van der Waals surface area contributed by atoms with Crippen LogP contribution in [0.2, 0.25) is 0 Å². The van der Waals surface area contributed by atoms with E-state index in [1.807, 2.05) is 29.1 Å². The molecule has 0 bridgehead atoms. The van der Waals surface area contributed by atoms with Crippen LogP contribution in [-0.2, 0) is 0 Å². The number of aromatic nitrogens is 2. The zero-order chi connectivity index (χ0) is 14.3. The molecule has 2 aromatic rings. The second-order valence-electron chi connectivity index (χ2n) is 5.40. The maximum absolute atomic E-state index is 6.53.